The lowest BCUT2D eigenvalue weighted by Gasteiger charge is -2.33. The fourth-order valence-electron chi connectivity index (χ4n) is 3.38. The molecule has 1 aliphatic heterocycles. The van der Waals surface area contributed by atoms with Gasteiger partial charge in [0.25, 0.3) is 0 Å². The second kappa shape index (κ2) is 10.4. The maximum atomic E-state index is 12.8. The van der Waals surface area contributed by atoms with Gasteiger partial charge in [-0.25, -0.2) is 8.42 Å². The van der Waals surface area contributed by atoms with Gasteiger partial charge >= 0.3 is 6.36 Å². The number of piperazine rings is 1. The molecule has 2 aromatic carbocycles. The average molecular weight is 488 g/mol. The van der Waals surface area contributed by atoms with E-state index in [-0.39, 0.29) is 30.3 Å². The summed E-state index contributed by atoms with van der Waals surface area (Å²) < 4.78 is 72.7. The molecule has 1 heterocycles. The van der Waals surface area contributed by atoms with Gasteiger partial charge in [-0.2, -0.15) is 4.31 Å². The summed E-state index contributed by atoms with van der Waals surface area (Å²) >= 11 is 0. The Labute approximate surface area is 189 Å². The van der Waals surface area contributed by atoms with Crippen molar-refractivity contribution in [3.05, 3.63) is 48.5 Å². The Morgan fingerprint density at radius 1 is 1.03 bits per heavy atom. The lowest BCUT2D eigenvalue weighted by molar-refractivity contribution is -0.274. The number of benzene rings is 2. The summed E-state index contributed by atoms with van der Waals surface area (Å²) in [5.74, 6) is -0.115. The van der Waals surface area contributed by atoms with Crippen LogP contribution in [0.25, 0.3) is 0 Å². The van der Waals surface area contributed by atoms with Crippen LogP contribution in [-0.4, -0.2) is 69.7 Å². The number of methoxy groups -OCH3 is 1. The van der Waals surface area contributed by atoms with Crippen LogP contribution in [0.2, 0.25) is 0 Å². The maximum Gasteiger partial charge on any atom is 0.573 e. The Bertz CT molecular complexity index is 1050. The first-order chi connectivity index (χ1) is 15.6. The van der Waals surface area contributed by atoms with Gasteiger partial charge in [0, 0.05) is 39.1 Å². The summed E-state index contributed by atoms with van der Waals surface area (Å²) in [6, 6.07) is 11.2. The summed E-state index contributed by atoms with van der Waals surface area (Å²) in [5.41, 5.74) is 0.576. The Kier molecular flexibility index (Phi) is 7.82. The van der Waals surface area contributed by atoms with E-state index in [1.54, 1.807) is 24.3 Å². The predicted octanol–water partition coefficient (Wildman–Crippen LogP) is 2.93. The molecule has 3 rings (SSSR count). The highest BCUT2D eigenvalue weighted by atomic mass is 32.2. The fourth-order valence-corrected chi connectivity index (χ4v) is 4.80. The highest BCUT2D eigenvalue weighted by Gasteiger charge is 2.32. The zero-order valence-electron chi connectivity index (χ0n) is 17.8. The van der Waals surface area contributed by atoms with Crippen molar-refractivity contribution in [3.8, 4) is 11.5 Å². The first-order valence-electron chi connectivity index (χ1n) is 10.1. The molecule has 1 fully saturated rings. The lowest BCUT2D eigenvalue weighted by atomic mass is 10.2. The molecule has 12 heteroatoms. The highest BCUT2D eigenvalue weighted by molar-refractivity contribution is 7.89. The molecule has 1 aliphatic rings. The highest BCUT2D eigenvalue weighted by Crippen LogP contribution is 2.26. The van der Waals surface area contributed by atoms with Crippen molar-refractivity contribution in [1.29, 1.82) is 0 Å². The monoisotopic (exact) mass is 487 g/mol. The standard InChI is InChI=1S/C21H24F3N3O5S/c1-31-19-5-3-2-4-18(19)25-20(28)10-11-26-12-14-27(15-13-26)33(29,30)17-8-6-16(7-9-17)32-21(22,23)24/h2-9H,10-15H2,1H3,(H,25,28). The average Bonchev–Trinajstić information content (AvgIpc) is 2.77. The molecule has 0 spiro atoms. The van der Waals surface area contributed by atoms with E-state index in [0.29, 0.717) is 31.1 Å². The van der Waals surface area contributed by atoms with Crippen molar-refractivity contribution in [2.45, 2.75) is 17.7 Å². The number of sulfonamides is 1. The SMILES string of the molecule is COc1ccccc1NC(=O)CCN1CCN(S(=O)(=O)c2ccc(OC(F)(F)F)cc2)CC1. The van der Waals surface area contributed by atoms with Gasteiger partial charge in [-0.1, -0.05) is 12.1 Å². The molecule has 0 aromatic heterocycles. The molecule has 0 bridgehead atoms. The van der Waals surface area contributed by atoms with Gasteiger partial charge in [-0.3, -0.25) is 4.79 Å². The number of rotatable bonds is 8. The number of alkyl halides is 3. The summed E-state index contributed by atoms with van der Waals surface area (Å²) in [5, 5.41) is 2.80. The van der Waals surface area contributed by atoms with E-state index in [2.05, 4.69) is 10.1 Å². The summed E-state index contributed by atoms with van der Waals surface area (Å²) in [4.78, 5) is 14.1. The molecular weight excluding hydrogens is 463 g/mol. The van der Waals surface area contributed by atoms with Gasteiger partial charge in [-0.15, -0.1) is 13.2 Å². The summed E-state index contributed by atoms with van der Waals surface area (Å²) in [7, 11) is -2.33. The second-order valence-corrected chi connectivity index (χ2v) is 9.20. The van der Waals surface area contributed by atoms with E-state index >= 15 is 0 Å². The number of halogens is 3. The van der Waals surface area contributed by atoms with Crippen LogP contribution in [0.5, 0.6) is 11.5 Å². The normalized spacial score (nSPS) is 15.8. The van der Waals surface area contributed by atoms with Gasteiger partial charge in [-0.05, 0) is 36.4 Å². The Hall–Kier alpha value is -2.83. The number of nitrogens with zero attached hydrogens (tertiary/aromatic N) is 2. The summed E-state index contributed by atoms with van der Waals surface area (Å²) in [6.07, 6.45) is -4.62. The van der Waals surface area contributed by atoms with Crippen molar-refractivity contribution in [2.75, 3.05) is 45.2 Å². The van der Waals surface area contributed by atoms with Crippen molar-refractivity contribution in [2.24, 2.45) is 0 Å². The molecule has 2 aromatic rings. The number of nitrogens with one attached hydrogen (secondary N) is 1. The molecule has 33 heavy (non-hydrogen) atoms. The molecule has 8 nitrogen and oxygen atoms in total. The number of carbonyl (C=O) groups is 1. The molecule has 0 saturated carbocycles. The third-order valence-electron chi connectivity index (χ3n) is 5.06. The number of hydrogen-bond acceptors (Lipinski definition) is 6. The van der Waals surface area contributed by atoms with Crippen LogP contribution >= 0.6 is 0 Å². The minimum absolute atomic E-state index is 0.110. The van der Waals surface area contributed by atoms with E-state index in [4.69, 9.17) is 4.74 Å². The molecule has 180 valence electrons. The topological polar surface area (TPSA) is 88.2 Å². The van der Waals surface area contributed by atoms with E-state index < -0.39 is 22.1 Å². The smallest absolute Gasteiger partial charge is 0.495 e. The van der Waals surface area contributed by atoms with Crippen LogP contribution in [0.3, 0.4) is 0 Å². The van der Waals surface area contributed by atoms with Crippen LogP contribution in [0.4, 0.5) is 18.9 Å². The number of anilines is 1. The summed E-state index contributed by atoms with van der Waals surface area (Å²) in [6.45, 7) is 1.72. The molecule has 0 radical (unpaired) electrons. The van der Waals surface area contributed by atoms with Gasteiger partial charge in [0.1, 0.15) is 11.5 Å². The lowest BCUT2D eigenvalue weighted by Crippen LogP contribution is -2.49. The molecular formula is C21H24F3N3O5S. The number of para-hydroxylation sites is 2. The largest absolute Gasteiger partial charge is 0.573 e. The van der Waals surface area contributed by atoms with Crippen molar-refractivity contribution in [1.82, 2.24) is 9.21 Å². The molecule has 0 aliphatic carbocycles. The maximum absolute atomic E-state index is 12.8. The zero-order valence-corrected chi connectivity index (χ0v) is 18.7. The Morgan fingerprint density at radius 3 is 2.27 bits per heavy atom. The molecule has 1 amide bonds. The minimum Gasteiger partial charge on any atom is -0.495 e. The zero-order chi connectivity index (χ0) is 24.1. The van der Waals surface area contributed by atoms with Crippen LogP contribution in [0, 0.1) is 0 Å². The number of ether oxygens (including phenoxy) is 2. The van der Waals surface area contributed by atoms with Crippen molar-refractivity contribution >= 4 is 21.6 Å². The predicted molar refractivity (Wildman–Crippen MR) is 115 cm³/mol. The van der Waals surface area contributed by atoms with Crippen LogP contribution in [-0.2, 0) is 14.8 Å². The number of amides is 1. The van der Waals surface area contributed by atoms with E-state index in [9.17, 15) is 26.4 Å². The first-order valence-corrected chi connectivity index (χ1v) is 11.5. The number of carbonyl (C=O) groups excluding carboxylic acids is 1. The van der Waals surface area contributed by atoms with Crippen LogP contribution in [0.1, 0.15) is 6.42 Å². The van der Waals surface area contributed by atoms with Gasteiger partial charge < -0.3 is 19.7 Å². The van der Waals surface area contributed by atoms with Crippen molar-refractivity contribution in [3.63, 3.8) is 0 Å². The Balaban J connectivity index is 1.49. The molecule has 1 N–H and O–H groups in total. The second-order valence-electron chi connectivity index (χ2n) is 7.26. The van der Waals surface area contributed by atoms with Crippen LogP contribution in [0.15, 0.2) is 53.4 Å². The quantitative estimate of drug-likeness (QED) is 0.616. The fraction of sp³-hybridized carbons (Fsp3) is 0.381. The third-order valence-corrected chi connectivity index (χ3v) is 6.98. The van der Waals surface area contributed by atoms with Gasteiger partial charge in [0.2, 0.25) is 15.9 Å². The van der Waals surface area contributed by atoms with Crippen LogP contribution < -0.4 is 14.8 Å². The van der Waals surface area contributed by atoms with Gasteiger partial charge in [0.15, 0.2) is 0 Å². The van der Waals surface area contributed by atoms with Gasteiger partial charge in [0.05, 0.1) is 17.7 Å². The third kappa shape index (κ3) is 6.83. The number of hydrogen-bond donors (Lipinski definition) is 1. The Morgan fingerprint density at radius 2 is 1.67 bits per heavy atom. The molecule has 0 atom stereocenters. The van der Waals surface area contributed by atoms with E-state index in [1.807, 2.05) is 4.90 Å². The molecule has 1 saturated heterocycles. The van der Waals surface area contributed by atoms with E-state index in [0.717, 1.165) is 24.3 Å². The van der Waals surface area contributed by atoms with Crippen molar-refractivity contribution < 1.29 is 35.9 Å². The molecule has 0 unspecified atom stereocenters. The van der Waals surface area contributed by atoms with E-state index in [1.165, 1.54) is 11.4 Å². The first kappa shape index (κ1) is 24.8. The minimum atomic E-state index is -4.85.